The zero-order chi connectivity index (χ0) is 7.72. The van der Waals surface area contributed by atoms with E-state index in [1.54, 1.807) is 6.92 Å². The van der Waals surface area contributed by atoms with E-state index in [0.29, 0.717) is 6.54 Å². The Morgan fingerprint density at radius 2 is 2.10 bits per heavy atom. The Kier molecular flexibility index (Phi) is 1.53. The minimum atomic E-state index is -0.440. The van der Waals surface area contributed by atoms with E-state index in [0.717, 1.165) is 4.90 Å². The van der Waals surface area contributed by atoms with Crippen molar-refractivity contribution in [2.24, 2.45) is 4.99 Å². The van der Waals surface area contributed by atoms with E-state index >= 15 is 0 Å². The minimum Gasteiger partial charge on any atom is -0.267 e. The summed E-state index contributed by atoms with van der Waals surface area (Å²) in [6.45, 7) is 3.68. The molecule has 4 nitrogen and oxygen atoms in total. The van der Waals surface area contributed by atoms with Gasteiger partial charge in [0.1, 0.15) is 5.71 Å². The summed E-state index contributed by atoms with van der Waals surface area (Å²) in [5, 5.41) is 0. The Balaban J connectivity index is 2.87. The lowest BCUT2D eigenvalue weighted by atomic mass is 10.4. The van der Waals surface area contributed by atoms with Gasteiger partial charge in [0.2, 0.25) is 0 Å². The van der Waals surface area contributed by atoms with E-state index in [4.69, 9.17) is 0 Å². The zero-order valence-corrected chi connectivity index (χ0v) is 5.92. The van der Waals surface area contributed by atoms with Crippen LogP contribution >= 0.6 is 0 Å². The van der Waals surface area contributed by atoms with E-state index < -0.39 is 6.03 Å². The summed E-state index contributed by atoms with van der Waals surface area (Å²) in [5.41, 5.74) is 0.284. The second-order valence-electron chi connectivity index (χ2n) is 2.03. The Morgan fingerprint density at radius 3 is 2.30 bits per heavy atom. The van der Waals surface area contributed by atoms with Crippen molar-refractivity contribution in [2.45, 2.75) is 13.8 Å². The van der Waals surface area contributed by atoms with Crippen LogP contribution in [0.5, 0.6) is 0 Å². The van der Waals surface area contributed by atoms with Gasteiger partial charge in [-0.2, -0.15) is 4.99 Å². The van der Waals surface area contributed by atoms with Crippen LogP contribution in [0.3, 0.4) is 0 Å². The molecule has 0 aromatic rings. The van der Waals surface area contributed by atoms with Gasteiger partial charge >= 0.3 is 6.03 Å². The van der Waals surface area contributed by atoms with Crippen molar-refractivity contribution in [3.8, 4) is 0 Å². The maximum atomic E-state index is 10.9. The summed E-state index contributed by atoms with van der Waals surface area (Å²) in [4.78, 5) is 26.2. The number of nitrogens with zero attached hydrogens (tertiary/aromatic N) is 2. The van der Waals surface area contributed by atoms with E-state index in [-0.39, 0.29) is 11.6 Å². The highest BCUT2D eigenvalue weighted by molar-refractivity contribution is 6.45. The fraction of sp³-hybridized carbons (Fsp3) is 0.500. The third-order valence-corrected chi connectivity index (χ3v) is 1.37. The van der Waals surface area contributed by atoms with Gasteiger partial charge in [-0.3, -0.25) is 9.69 Å². The molecule has 0 aromatic carbocycles. The summed E-state index contributed by atoms with van der Waals surface area (Å²) in [5.74, 6) is -0.271. The zero-order valence-electron chi connectivity index (χ0n) is 5.92. The molecule has 3 amide bonds. The van der Waals surface area contributed by atoms with Crippen LogP contribution in [-0.2, 0) is 4.79 Å². The topological polar surface area (TPSA) is 49.7 Å². The summed E-state index contributed by atoms with van der Waals surface area (Å²) in [6.07, 6.45) is 0. The molecule has 0 N–H and O–H groups in total. The number of imide groups is 1. The summed E-state index contributed by atoms with van der Waals surface area (Å²) < 4.78 is 0. The molecular formula is C6H8N2O2. The highest BCUT2D eigenvalue weighted by Gasteiger charge is 2.28. The predicted octanol–water partition coefficient (Wildman–Crippen LogP) is 0.429. The van der Waals surface area contributed by atoms with Gasteiger partial charge in [0.25, 0.3) is 5.91 Å². The second-order valence-corrected chi connectivity index (χ2v) is 2.03. The third-order valence-electron chi connectivity index (χ3n) is 1.37. The summed E-state index contributed by atoms with van der Waals surface area (Å²) >= 11 is 0. The molecule has 1 aliphatic rings. The van der Waals surface area contributed by atoms with Crippen molar-refractivity contribution in [1.29, 1.82) is 0 Å². The van der Waals surface area contributed by atoms with E-state index in [9.17, 15) is 9.59 Å². The van der Waals surface area contributed by atoms with Gasteiger partial charge in [-0.1, -0.05) is 0 Å². The van der Waals surface area contributed by atoms with Gasteiger partial charge in [0.15, 0.2) is 0 Å². The molecular weight excluding hydrogens is 132 g/mol. The molecule has 0 bridgehead atoms. The number of carbonyl (C=O) groups is 2. The van der Waals surface area contributed by atoms with Crippen molar-refractivity contribution < 1.29 is 9.59 Å². The first-order valence-corrected chi connectivity index (χ1v) is 3.08. The third kappa shape index (κ3) is 0.814. The highest BCUT2D eigenvalue weighted by atomic mass is 16.2. The van der Waals surface area contributed by atoms with E-state index in [1.807, 2.05) is 0 Å². The molecule has 1 aliphatic heterocycles. The van der Waals surface area contributed by atoms with Gasteiger partial charge in [-0.25, -0.2) is 4.79 Å². The molecule has 10 heavy (non-hydrogen) atoms. The van der Waals surface area contributed by atoms with Crippen molar-refractivity contribution in [3.05, 3.63) is 0 Å². The molecule has 0 fully saturated rings. The number of aliphatic imine (C=N–C) groups is 1. The number of hydrogen-bond acceptors (Lipinski definition) is 2. The fourth-order valence-corrected chi connectivity index (χ4v) is 0.813. The second kappa shape index (κ2) is 2.21. The van der Waals surface area contributed by atoms with Crippen LogP contribution < -0.4 is 0 Å². The molecule has 0 spiro atoms. The molecule has 0 aromatic heterocycles. The molecule has 0 saturated heterocycles. The molecule has 0 unspecified atom stereocenters. The number of urea groups is 1. The average molecular weight is 140 g/mol. The van der Waals surface area contributed by atoms with Gasteiger partial charge in [0, 0.05) is 6.54 Å². The van der Waals surface area contributed by atoms with Crippen molar-refractivity contribution in [3.63, 3.8) is 0 Å². The molecule has 4 heteroatoms. The Hall–Kier alpha value is -1.19. The van der Waals surface area contributed by atoms with Crippen LogP contribution in [-0.4, -0.2) is 29.1 Å². The Morgan fingerprint density at radius 1 is 1.50 bits per heavy atom. The molecule has 0 saturated carbocycles. The minimum absolute atomic E-state index is 0.271. The standard InChI is InChI=1S/C6H8N2O2/c1-3-8-5(9)4(2)7-6(8)10/h3H2,1-2H3. The van der Waals surface area contributed by atoms with Crippen LogP contribution in [0.2, 0.25) is 0 Å². The number of amides is 3. The van der Waals surface area contributed by atoms with Crippen LogP contribution in [0.4, 0.5) is 4.79 Å². The molecule has 1 heterocycles. The van der Waals surface area contributed by atoms with Crippen molar-refractivity contribution in [2.75, 3.05) is 6.54 Å². The maximum Gasteiger partial charge on any atom is 0.350 e. The SMILES string of the molecule is CCN1C(=O)N=C(C)C1=O. The first-order chi connectivity index (χ1) is 4.66. The van der Waals surface area contributed by atoms with Crippen molar-refractivity contribution in [1.82, 2.24) is 4.90 Å². The Labute approximate surface area is 58.5 Å². The lowest BCUT2D eigenvalue weighted by Crippen LogP contribution is -2.31. The fourth-order valence-electron chi connectivity index (χ4n) is 0.813. The lowest BCUT2D eigenvalue weighted by Gasteiger charge is -2.06. The smallest absolute Gasteiger partial charge is 0.267 e. The first kappa shape index (κ1) is 6.92. The predicted molar refractivity (Wildman–Crippen MR) is 35.9 cm³/mol. The maximum absolute atomic E-state index is 10.9. The van der Waals surface area contributed by atoms with Gasteiger partial charge in [-0.15, -0.1) is 0 Å². The largest absolute Gasteiger partial charge is 0.350 e. The summed E-state index contributed by atoms with van der Waals surface area (Å²) in [7, 11) is 0. The van der Waals surface area contributed by atoms with Crippen LogP contribution in [0.1, 0.15) is 13.8 Å². The van der Waals surface area contributed by atoms with E-state index in [2.05, 4.69) is 4.99 Å². The lowest BCUT2D eigenvalue weighted by molar-refractivity contribution is -0.120. The molecule has 0 aliphatic carbocycles. The molecule has 1 rings (SSSR count). The van der Waals surface area contributed by atoms with Gasteiger partial charge in [-0.05, 0) is 13.8 Å². The Bertz CT molecular complexity index is 220. The van der Waals surface area contributed by atoms with Crippen LogP contribution in [0, 0.1) is 0 Å². The monoisotopic (exact) mass is 140 g/mol. The van der Waals surface area contributed by atoms with Gasteiger partial charge < -0.3 is 0 Å². The van der Waals surface area contributed by atoms with E-state index in [1.165, 1.54) is 6.92 Å². The number of carbonyl (C=O) groups excluding carboxylic acids is 2. The normalized spacial score (nSPS) is 18.2. The number of rotatable bonds is 1. The molecule has 0 atom stereocenters. The average Bonchev–Trinajstić information content (AvgIpc) is 2.09. The highest BCUT2D eigenvalue weighted by Crippen LogP contribution is 2.04. The van der Waals surface area contributed by atoms with Crippen LogP contribution in [0.25, 0.3) is 0 Å². The summed E-state index contributed by atoms with van der Waals surface area (Å²) in [6, 6.07) is -0.440. The molecule has 0 radical (unpaired) electrons. The number of hydrogen-bond donors (Lipinski definition) is 0. The quantitative estimate of drug-likeness (QED) is 0.530. The van der Waals surface area contributed by atoms with Crippen molar-refractivity contribution >= 4 is 17.6 Å². The van der Waals surface area contributed by atoms with Gasteiger partial charge in [0.05, 0.1) is 0 Å². The first-order valence-electron chi connectivity index (χ1n) is 3.08. The molecule has 54 valence electrons. The van der Waals surface area contributed by atoms with Crippen LogP contribution in [0.15, 0.2) is 4.99 Å².